The molecule has 0 aliphatic rings. The lowest BCUT2D eigenvalue weighted by Gasteiger charge is -1.89. The second-order valence-corrected chi connectivity index (χ2v) is 2.53. The summed E-state index contributed by atoms with van der Waals surface area (Å²) in [5.41, 5.74) is 6.72. The van der Waals surface area contributed by atoms with Gasteiger partial charge in [0.2, 0.25) is 0 Å². The van der Waals surface area contributed by atoms with E-state index < -0.39 is 0 Å². The molecule has 0 fully saturated rings. The molecule has 2 N–H and O–H groups in total. The van der Waals surface area contributed by atoms with Crippen molar-refractivity contribution < 1.29 is 0 Å². The molecule has 2 rings (SSSR count). The first kappa shape index (κ1) is 9.58. The summed E-state index contributed by atoms with van der Waals surface area (Å²) < 4.78 is 1.78. The van der Waals surface area contributed by atoms with Gasteiger partial charge in [-0.2, -0.15) is 5.10 Å². The molecule has 0 spiro atoms. The van der Waals surface area contributed by atoms with E-state index in [2.05, 4.69) is 5.10 Å². The van der Waals surface area contributed by atoms with E-state index in [-0.39, 0.29) is 0 Å². The maximum absolute atomic E-state index is 5.65. The van der Waals surface area contributed by atoms with Crippen LogP contribution in [-0.4, -0.2) is 9.78 Å². The summed E-state index contributed by atoms with van der Waals surface area (Å²) in [6, 6.07) is 7.90. The number of nitrogens with two attached hydrogens (primary N) is 1. The average Bonchev–Trinajstić information content (AvgIpc) is 2.47. The molecule has 0 atom stereocenters. The highest BCUT2D eigenvalue weighted by Crippen LogP contribution is 2.17. The van der Waals surface area contributed by atoms with E-state index in [1.807, 2.05) is 45.2 Å². The fourth-order valence-corrected chi connectivity index (χ4v) is 1.24. The molecular formula is C10H15N3. The first-order valence-electron chi connectivity index (χ1n) is 4.46. The van der Waals surface area contributed by atoms with Gasteiger partial charge < -0.3 is 5.73 Å². The highest BCUT2D eigenvalue weighted by atomic mass is 15.3. The molecule has 0 saturated carbocycles. The van der Waals surface area contributed by atoms with Crippen LogP contribution >= 0.6 is 0 Å². The van der Waals surface area contributed by atoms with Crippen molar-refractivity contribution in [3.63, 3.8) is 0 Å². The molecule has 0 aliphatic carbocycles. The Hall–Kier alpha value is -1.51. The number of hydrogen-bond acceptors (Lipinski definition) is 2. The second-order valence-electron chi connectivity index (χ2n) is 2.53. The molecule has 13 heavy (non-hydrogen) atoms. The molecule has 1 aromatic carbocycles. The van der Waals surface area contributed by atoms with Crippen LogP contribution < -0.4 is 5.73 Å². The van der Waals surface area contributed by atoms with Gasteiger partial charge in [-0.3, -0.25) is 4.68 Å². The molecule has 70 valence electrons. The Morgan fingerprint density at radius 3 is 2.46 bits per heavy atom. The molecule has 1 aromatic heterocycles. The van der Waals surface area contributed by atoms with E-state index in [1.54, 1.807) is 4.68 Å². The summed E-state index contributed by atoms with van der Waals surface area (Å²) in [7, 11) is 1.89. The molecular weight excluding hydrogens is 162 g/mol. The predicted molar refractivity (Wildman–Crippen MR) is 56.5 cm³/mol. The number of nitrogen functional groups attached to an aromatic ring is 1. The molecule has 0 amide bonds. The number of aromatic nitrogens is 2. The van der Waals surface area contributed by atoms with Crippen LogP contribution in [0.3, 0.4) is 0 Å². The minimum absolute atomic E-state index is 0.600. The van der Waals surface area contributed by atoms with Crippen LogP contribution in [0.5, 0.6) is 0 Å². The number of benzene rings is 1. The smallest absolute Gasteiger partial charge is 0.153 e. The lowest BCUT2D eigenvalue weighted by Crippen LogP contribution is -1.90. The van der Waals surface area contributed by atoms with E-state index in [0.29, 0.717) is 5.82 Å². The third-order valence-electron chi connectivity index (χ3n) is 1.79. The highest BCUT2D eigenvalue weighted by molar-refractivity contribution is 5.88. The minimum Gasteiger partial charge on any atom is -0.382 e. The van der Waals surface area contributed by atoms with Crippen molar-refractivity contribution in [3.8, 4) is 0 Å². The minimum atomic E-state index is 0.600. The van der Waals surface area contributed by atoms with E-state index in [9.17, 15) is 0 Å². The monoisotopic (exact) mass is 177 g/mol. The number of rotatable bonds is 0. The van der Waals surface area contributed by atoms with Crippen molar-refractivity contribution in [1.29, 1.82) is 0 Å². The highest BCUT2D eigenvalue weighted by Gasteiger charge is 2.01. The molecule has 0 radical (unpaired) electrons. The van der Waals surface area contributed by atoms with Gasteiger partial charge in [-0.05, 0) is 12.1 Å². The molecule has 0 unspecified atom stereocenters. The van der Waals surface area contributed by atoms with Crippen LogP contribution in [0, 0.1) is 0 Å². The van der Waals surface area contributed by atoms with E-state index in [4.69, 9.17) is 5.73 Å². The fraction of sp³-hybridized carbons (Fsp3) is 0.300. The van der Waals surface area contributed by atoms with Gasteiger partial charge in [-0.25, -0.2) is 0 Å². The van der Waals surface area contributed by atoms with Crippen LogP contribution in [0.25, 0.3) is 10.9 Å². The Labute approximate surface area is 78.2 Å². The number of anilines is 1. The zero-order valence-electron chi connectivity index (χ0n) is 8.28. The first-order chi connectivity index (χ1) is 6.29. The van der Waals surface area contributed by atoms with Crippen molar-refractivity contribution in [2.75, 3.05) is 5.73 Å². The summed E-state index contributed by atoms with van der Waals surface area (Å²) in [5.74, 6) is 0.600. The number of hydrogen-bond donors (Lipinski definition) is 1. The summed E-state index contributed by atoms with van der Waals surface area (Å²) in [6.45, 7) is 4.00. The fourth-order valence-electron chi connectivity index (χ4n) is 1.24. The van der Waals surface area contributed by atoms with E-state index in [0.717, 1.165) is 10.9 Å². The predicted octanol–water partition coefficient (Wildman–Crippen LogP) is 2.18. The largest absolute Gasteiger partial charge is 0.382 e. The number of nitrogens with zero attached hydrogens (tertiary/aromatic N) is 2. The number of fused-ring (bicyclic) bond motifs is 1. The Kier molecular flexibility index (Phi) is 2.90. The summed E-state index contributed by atoms with van der Waals surface area (Å²) >= 11 is 0. The van der Waals surface area contributed by atoms with Crippen molar-refractivity contribution in [1.82, 2.24) is 9.78 Å². The topological polar surface area (TPSA) is 43.8 Å². The van der Waals surface area contributed by atoms with Gasteiger partial charge in [0.25, 0.3) is 0 Å². The Morgan fingerprint density at radius 2 is 1.85 bits per heavy atom. The first-order valence-corrected chi connectivity index (χ1v) is 4.46. The normalized spacial score (nSPS) is 9.46. The zero-order chi connectivity index (χ0) is 9.84. The van der Waals surface area contributed by atoms with Crippen molar-refractivity contribution in [3.05, 3.63) is 24.3 Å². The third-order valence-corrected chi connectivity index (χ3v) is 1.79. The van der Waals surface area contributed by atoms with Crippen molar-refractivity contribution in [2.45, 2.75) is 13.8 Å². The molecule has 0 bridgehead atoms. The molecule has 1 heterocycles. The van der Waals surface area contributed by atoms with Gasteiger partial charge in [0.15, 0.2) is 5.82 Å². The maximum atomic E-state index is 5.65. The Morgan fingerprint density at radius 1 is 1.23 bits per heavy atom. The van der Waals surface area contributed by atoms with E-state index >= 15 is 0 Å². The second kappa shape index (κ2) is 3.94. The van der Waals surface area contributed by atoms with Gasteiger partial charge in [-0.1, -0.05) is 26.0 Å². The van der Waals surface area contributed by atoms with Crippen LogP contribution in [0.4, 0.5) is 5.82 Å². The molecule has 2 aromatic rings. The number of para-hydroxylation sites is 1. The summed E-state index contributed by atoms with van der Waals surface area (Å²) in [4.78, 5) is 0. The lowest BCUT2D eigenvalue weighted by molar-refractivity contribution is 0.802. The molecule has 0 aliphatic heterocycles. The lowest BCUT2D eigenvalue weighted by atomic mass is 10.2. The van der Waals surface area contributed by atoms with Crippen molar-refractivity contribution in [2.24, 2.45) is 7.05 Å². The zero-order valence-corrected chi connectivity index (χ0v) is 8.28. The quantitative estimate of drug-likeness (QED) is 0.670. The molecule has 3 nitrogen and oxygen atoms in total. The number of aryl methyl sites for hydroxylation is 1. The SMILES string of the molecule is CC.Cn1nc(N)c2ccccc21. The Bertz CT molecular complexity index is 354. The van der Waals surface area contributed by atoms with Gasteiger partial charge >= 0.3 is 0 Å². The van der Waals surface area contributed by atoms with E-state index in [1.165, 1.54) is 0 Å². The van der Waals surface area contributed by atoms with Gasteiger partial charge in [0, 0.05) is 12.4 Å². The van der Waals surface area contributed by atoms with Gasteiger partial charge in [-0.15, -0.1) is 0 Å². The standard InChI is InChI=1S/C8H9N3.C2H6/c1-11-7-5-3-2-4-6(7)8(9)10-11;1-2/h2-5H,1H3,(H2,9,10);1-2H3. The summed E-state index contributed by atoms with van der Waals surface area (Å²) in [5, 5.41) is 5.11. The van der Waals surface area contributed by atoms with Crippen LogP contribution in [0.15, 0.2) is 24.3 Å². The van der Waals surface area contributed by atoms with Gasteiger partial charge in [0.1, 0.15) is 0 Å². The average molecular weight is 177 g/mol. The summed E-state index contributed by atoms with van der Waals surface area (Å²) in [6.07, 6.45) is 0. The van der Waals surface area contributed by atoms with Crippen LogP contribution in [0.1, 0.15) is 13.8 Å². The van der Waals surface area contributed by atoms with Gasteiger partial charge in [0.05, 0.1) is 5.52 Å². The van der Waals surface area contributed by atoms with Crippen molar-refractivity contribution >= 4 is 16.7 Å². The molecule has 0 saturated heterocycles. The third kappa shape index (κ3) is 1.64. The molecule has 3 heteroatoms. The van der Waals surface area contributed by atoms with Crippen LogP contribution in [-0.2, 0) is 7.05 Å². The maximum Gasteiger partial charge on any atom is 0.153 e. The van der Waals surface area contributed by atoms with Crippen LogP contribution in [0.2, 0.25) is 0 Å². The Balaban J connectivity index is 0.000000396.